The van der Waals surface area contributed by atoms with Crippen molar-refractivity contribution in [1.82, 2.24) is 5.32 Å². The Balaban J connectivity index is 1.30. The molecule has 4 rings (SSSR count). The zero-order valence-corrected chi connectivity index (χ0v) is 17.7. The van der Waals surface area contributed by atoms with Crippen molar-refractivity contribution in [3.8, 4) is 23.0 Å². The second-order valence-corrected chi connectivity index (χ2v) is 7.84. The number of halogens is 2. The van der Waals surface area contributed by atoms with E-state index in [9.17, 15) is 9.18 Å². The highest BCUT2D eigenvalue weighted by Gasteiger charge is 2.28. The molecular formula is C25H19BrFNO2. The fourth-order valence-electron chi connectivity index (χ4n) is 3.63. The van der Waals surface area contributed by atoms with Gasteiger partial charge in [-0.2, -0.15) is 0 Å². The Morgan fingerprint density at radius 2 is 1.70 bits per heavy atom. The Morgan fingerprint density at radius 1 is 1.03 bits per heavy atom. The highest BCUT2D eigenvalue weighted by molar-refractivity contribution is 9.10. The number of fused-ring (bicyclic) bond motifs is 3. The quantitative estimate of drug-likeness (QED) is 0.388. The summed E-state index contributed by atoms with van der Waals surface area (Å²) in [4.78, 5) is 12.1. The van der Waals surface area contributed by atoms with E-state index < -0.39 is 6.09 Å². The first-order chi connectivity index (χ1) is 14.6. The molecule has 0 heterocycles. The number of carbonyl (C=O) groups excluding carboxylic acids is 1. The van der Waals surface area contributed by atoms with Crippen molar-refractivity contribution >= 4 is 22.0 Å². The van der Waals surface area contributed by atoms with Gasteiger partial charge in [0, 0.05) is 23.4 Å². The minimum Gasteiger partial charge on any atom is -0.449 e. The van der Waals surface area contributed by atoms with Gasteiger partial charge in [-0.25, -0.2) is 9.18 Å². The highest BCUT2D eigenvalue weighted by atomic mass is 79.9. The molecule has 5 heteroatoms. The number of nitrogens with one attached hydrogen (secondary N) is 1. The standard InChI is InChI=1S/C25H19BrFNO2/c26-18-12-13-24(27)17(15-18)7-5-6-14-28-25(29)30-16-23-21-10-3-1-8-19(21)20-9-2-4-11-22(20)23/h1-4,8-13,15,23H,6,14,16H2,(H,28,29). The third-order valence-corrected chi connectivity index (χ3v) is 5.51. The van der Waals surface area contributed by atoms with Crippen LogP contribution in [0.1, 0.15) is 29.0 Å². The fourth-order valence-corrected chi connectivity index (χ4v) is 3.99. The van der Waals surface area contributed by atoms with Crippen LogP contribution in [0, 0.1) is 17.7 Å². The molecule has 150 valence electrons. The summed E-state index contributed by atoms with van der Waals surface area (Å²) in [6, 6.07) is 21.0. The Bertz CT molecular complexity index is 1100. The summed E-state index contributed by atoms with van der Waals surface area (Å²) in [6.45, 7) is 0.605. The van der Waals surface area contributed by atoms with Gasteiger partial charge in [-0.1, -0.05) is 76.3 Å². The van der Waals surface area contributed by atoms with Crippen molar-refractivity contribution in [2.45, 2.75) is 12.3 Å². The van der Waals surface area contributed by atoms with Crippen LogP contribution in [0.2, 0.25) is 0 Å². The molecule has 0 aromatic heterocycles. The molecule has 0 saturated carbocycles. The number of hydrogen-bond acceptors (Lipinski definition) is 2. The van der Waals surface area contributed by atoms with E-state index in [0.29, 0.717) is 18.5 Å². The average molecular weight is 464 g/mol. The molecule has 3 aromatic rings. The topological polar surface area (TPSA) is 38.3 Å². The van der Waals surface area contributed by atoms with Gasteiger partial charge >= 0.3 is 6.09 Å². The first-order valence-electron chi connectivity index (χ1n) is 9.66. The van der Waals surface area contributed by atoms with Gasteiger partial charge in [-0.05, 0) is 40.5 Å². The van der Waals surface area contributed by atoms with E-state index in [-0.39, 0.29) is 18.3 Å². The lowest BCUT2D eigenvalue weighted by atomic mass is 9.98. The molecule has 0 spiro atoms. The zero-order chi connectivity index (χ0) is 20.9. The van der Waals surface area contributed by atoms with Crippen LogP contribution in [0.3, 0.4) is 0 Å². The molecule has 1 aliphatic rings. The molecule has 30 heavy (non-hydrogen) atoms. The normalized spacial score (nSPS) is 11.8. The summed E-state index contributed by atoms with van der Waals surface area (Å²) in [5, 5.41) is 2.70. The predicted octanol–water partition coefficient (Wildman–Crippen LogP) is 5.87. The van der Waals surface area contributed by atoms with Gasteiger partial charge in [0.05, 0.1) is 5.56 Å². The van der Waals surface area contributed by atoms with Crippen LogP contribution in [0.15, 0.2) is 71.2 Å². The van der Waals surface area contributed by atoms with Gasteiger partial charge < -0.3 is 10.1 Å². The number of alkyl carbamates (subject to hydrolysis) is 1. The second-order valence-electron chi connectivity index (χ2n) is 6.93. The van der Waals surface area contributed by atoms with Gasteiger partial charge in [0.15, 0.2) is 0 Å². The number of hydrogen-bond donors (Lipinski definition) is 1. The molecule has 0 unspecified atom stereocenters. The molecule has 0 fully saturated rings. The lowest BCUT2D eigenvalue weighted by Crippen LogP contribution is -2.26. The second kappa shape index (κ2) is 9.15. The molecular weight excluding hydrogens is 445 g/mol. The summed E-state index contributed by atoms with van der Waals surface area (Å²) in [6.07, 6.45) is -0.0804. The fraction of sp³-hybridized carbons (Fsp3) is 0.160. The van der Waals surface area contributed by atoms with Crippen molar-refractivity contribution in [2.75, 3.05) is 13.2 Å². The Kier molecular flexibility index (Phi) is 6.15. The van der Waals surface area contributed by atoms with Crippen molar-refractivity contribution in [2.24, 2.45) is 0 Å². The molecule has 3 aromatic carbocycles. The first-order valence-corrected chi connectivity index (χ1v) is 10.5. The number of amides is 1. The van der Waals surface area contributed by atoms with Gasteiger partial charge in [0.1, 0.15) is 12.4 Å². The molecule has 0 radical (unpaired) electrons. The predicted molar refractivity (Wildman–Crippen MR) is 119 cm³/mol. The summed E-state index contributed by atoms with van der Waals surface area (Å²) < 4.78 is 19.9. The maximum absolute atomic E-state index is 13.7. The molecule has 0 bridgehead atoms. The Labute approximate surface area is 183 Å². The van der Waals surface area contributed by atoms with Gasteiger partial charge in [-0.3, -0.25) is 0 Å². The van der Waals surface area contributed by atoms with Crippen LogP contribution in [-0.2, 0) is 4.74 Å². The van der Waals surface area contributed by atoms with E-state index in [1.807, 2.05) is 24.3 Å². The van der Waals surface area contributed by atoms with Crippen LogP contribution < -0.4 is 5.32 Å². The molecule has 1 N–H and O–H groups in total. The minimum absolute atomic E-state index is 0.0300. The van der Waals surface area contributed by atoms with Gasteiger partial charge in [0.2, 0.25) is 0 Å². The Morgan fingerprint density at radius 3 is 2.40 bits per heavy atom. The third kappa shape index (κ3) is 4.39. The first kappa shape index (κ1) is 20.2. The van der Waals surface area contributed by atoms with E-state index in [4.69, 9.17) is 4.74 Å². The van der Waals surface area contributed by atoms with Crippen LogP contribution in [0.4, 0.5) is 9.18 Å². The maximum Gasteiger partial charge on any atom is 0.407 e. The minimum atomic E-state index is -0.479. The summed E-state index contributed by atoms with van der Waals surface area (Å²) in [5.74, 6) is 5.31. The lowest BCUT2D eigenvalue weighted by Gasteiger charge is -2.14. The zero-order valence-electron chi connectivity index (χ0n) is 16.1. The molecule has 3 nitrogen and oxygen atoms in total. The summed E-state index contributed by atoms with van der Waals surface area (Å²) in [5.41, 5.74) is 5.06. The van der Waals surface area contributed by atoms with Crippen molar-refractivity contribution < 1.29 is 13.9 Å². The maximum atomic E-state index is 13.7. The van der Waals surface area contributed by atoms with E-state index in [1.165, 1.54) is 28.3 Å². The van der Waals surface area contributed by atoms with Crippen LogP contribution in [0.25, 0.3) is 11.1 Å². The SMILES string of the molecule is O=C(NCCC#Cc1cc(Br)ccc1F)OCC1c2ccccc2-c2ccccc21. The monoisotopic (exact) mass is 463 g/mol. The highest BCUT2D eigenvalue weighted by Crippen LogP contribution is 2.44. The van der Waals surface area contributed by atoms with E-state index >= 15 is 0 Å². The third-order valence-electron chi connectivity index (χ3n) is 5.01. The van der Waals surface area contributed by atoms with Crippen LogP contribution >= 0.6 is 15.9 Å². The summed E-state index contributed by atoms with van der Waals surface area (Å²) in [7, 11) is 0. The Hall–Kier alpha value is -3.10. The molecule has 1 amide bonds. The molecule has 0 aliphatic heterocycles. The number of benzene rings is 3. The number of ether oxygens (including phenoxy) is 1. The largest absolute Gasteiger partial charge is 0.449 e. The molecule has 0 atom stereocenters. The number of rotatable bonds is 4. The molecule has 0 saturated heterocycles. The van der Waals surface area contributed by atoms with E-state index in [2.05, 4.69) is 57.4 Å². The van der Waals surface area contributed by atoms with Crippen molar-refractivity contribution in [3.05, 3.63) is 93.7 Å². The van der Waals surface area contributed by atoms with E-state index in [0.717, 1.165) is 4.47 Å². The average Bonchev–Trinajstić information content (AvgIpc) is 3.08. The smallest absolute Gasteiger partial charge is 0.407 e. The van der Waals surface area contributed by atoms with Crippen LogP contribution in [0.5, 0.6) is 0 Å². The number of carbonyl (C=O) groups is 1. The van der Waals surface area contributed by atoms with Gasteiger partial charge in [-0.15, -0.1) is 0 Å². The lowest BCUT2D eigenvalue weighted by molar-refractivity contribution is 0.143. The van der Waals surface area contributed by atoms with Crippen molar-refractivity contribution in [3.63, 3.8) is 0 Å². The summed E-state index contributed by atoms with van der Waals surface area (Å²) >= 11 is 3.30. The van der Waals surface area contributed by atoms with Crippen molar-refractivity contribution in [1.29, 1.82) is 0 Å². The van der Waals surface area contributed by atoms with Crippen LogP contribution in [-0.4, -0.2) is 19.2 Å². The molecule has 1 aliphatic carbocycles. The van der Waals surface area contributed by atoms with E-state index in [1.54, 1.807) is 12.1 Å². The van der Waals surface area contributed by atoms with Gasteiger partial charge in [0.25, 0.3) is 0 Å².